The maximum atomic E-state index is 13.5. The van der Waals surface area contributed by atoms with Crippen molar-refractivity contribution in [1.82, 2.24) is 4.98 Å². The Hall–Kier alpha value is -1.82. The summed E-state index contributed by atoms with van der Waals surface area (Å²) in [6.45, 7) is 1.71. The summed E-state index contributed by atoms with van der Waals surface area (Å²) in [6, 6.07) is 3.26. The second-order valence-corrected chi connectivity index (χ2v) is 5.27. The van der Waals surface area contributed by atoms with Crippen LogP contribution in [0, 0.1) is 18.6 Å². The Bertz CT molecular complexity index is 625. The molecule has 0 amide bonds. The molecule has 0 aliphatic carbocycles. The van der Waals surface area contributed by atoms with Gasteiger partial charge in [0.05, 0.1) is 17.1 Å². The van der Waals surface area contributed by atoms with E-state index in [0.29, 0.717) is 15.6 Å². The number of nitrogens with zero attached hydrogens (tertiary/aromatic N) is 1. The molecular formula is C13H11F2NO2S. The van der Waals surface area contributed by atoms with E-state index in [1.807, 2.05) is 0 Å². The number of carboxylic acids is 1. The number of halogens is 2. The topological polar surface area (TPSA) is 50.2 Å². The molecule has 0 unspecified atom stereocenters. The Labute approximate surface area is 112 Å². The molecule has 0 aliphatic rings. The van der Waals surface area contributed by atoms with E-state index in [9.17, 15) is 13.6 Å². The van der Waals surface area contributed by atoms with Crippen molar-refractivity contribution in [3.63, 3.8) is 0 Å². The van der Waals surface area contributed by atoms with Gasteiger partial charge in [-0.15, -0.1) is 11.3 Å². The molecule has 6 heteroatoms. The number of aromatic nitrogens is 1. The molecule has 2 aromatic rings. The van der Waals surface area contributed by atoms with Gasteiger partial charge >= 0.3 is 5.97 Å². The van der Waals surface area contributed by atoms with Gasteiger partial charge in [0.1, 0.15) is 11.6 Å². The molecule has 19 heavy (non-hydrogen) atoms. The van der Waals surface area contributed by atoms with E-state index in [4.69, 9.17) is 5.11 Å². The van der Waals surface area contributed by atoms with Crippen molar-refractivity contribution in [2.75, 3.05) is 0 Å². The fourth-order valence-corrected chi connectivity index (χ4v) is 2.79. The lowest BCUT2D eigenvalue weighted by atomic mass is 10.1. The average molecular weight is 283 g/mol. The Morgan fingerprint density at radius 3 is 2.84 bits per heavy atom. The molecule has 1 aromatic carbocycles. The lowest BCUT2D eigenvalue weighted by Crippen LogP contribution is -1.99. The Balaban J connectivity index is 2.24. The van der Waals surface area contributed by atoms with Gasteiger partial charge in [-0.3, -0.25) is 4.79 Å². The van der Waals surface area contributed by atoms with E-state index in [-0.39, 0.29) is 18.4 Å². The first-order valence-electron chi connectivity index (χ1n) is 5.56. The van der Waals surface area contributed by atoms with Crippen LogP contribution in [0.2, 0.25) is 0 Å². The fraction of sp³-hybridized carbons (Fsp3) is 0.231. The van der Waals surface area contributed by atoms with E-state index < -0.39 is 17.6 Å². The summed E-state index contributed by atoms with van der Waals surface area (Å²) in [4.78, 5) is 15.5. The van der Waals surface area contributed by atoms with Crippen LogP contribution >= 0.6 is 11.3 Å². The molecule has 1 aromatic heterocycles. The predicted molar refractivity (Wildman–Crippen MR) is 67.4 cm³/mol. The van der Waals surface area contributed by atoms with E-state index in [2.05, 4.69) is 4.98 Å². The molecule has 1 heterocycles. The van der Waals surface area contributed by atoms with Gasteiger partial charge in [-0.05, 0) is 30.7 Å². The minimum absolute atomic E-state index is 0.102. The predicted octanol–water partition coefficient (Wildman–Crippen LogP) is 2.95. The highest BCUT2D eigenvalue weighted by Gasteiger charge is 2.13. The van der Waals surface area contributed by atoms with Gasteiger partial charge < -0.3 is 5.11 Å². The molecule has 0 spiro atoms. The van der Waals surface area contributed by atoms with Crippen LogP contribution in [0.25, 0.3) is 0 Å². The summed E-state index contributed by atoms with van der Waals surface area (Å²) in [5.41, 5.74) is 0.842. The van der Waals surface area contributed by atoms with Crippen LogP contribution in [-0.4, -0.2) is 16.1 Å². The standard InChI is InChI=1S/C13H11F2NO2S/c1-7-11(6-13(17)18)19-12(16-7)5-8-4-9(14)2-3-10(8)15/h2-4H,5-6H2,1H3,(H,17,18). The van der Waals surface area contributed by atoms with E-state index in [1.54, 1.807) is 6.92 Å². The number of aliphatic carboxylic acids is 1. The summed E-state index contributed by atoms with van der Waals surface area (Å²) >= 11 is 1.22. The molecule has 0 saturated heterocycles. The Morgan fingerprint density at radius 1 is 1.42 bits per heavy atom. The van der Waals surface area contributed by atoms with Crippen molar-refractivity contribution in [2.24, 2.45) is 0 Å². The fourth-order valence-electron chi connectivity index (χ4n) is 1.71. The number of carboxylic acid groups (broad SMARTS) is 1. The van der Waals surface area contributed by atoms with Gasteiger partial charge in [0.15, 0.2) is 0 Å². The third-order valence-electron chi connectivity index (χ3n) is 2.60. The second-order valence-electron chi connectivity index (χ2n) is 4.10. The van der Waals surface area contributed by atoms with Gasteiger partial charge in [-0.2, -0.15) is 0 Å². The molecule has 1 N–H and O–H groups in total. The zero-order valence-corrected chi connectivity index (χ0v) is 10.9. The Morgan fingerprint density at radius 2 is 2.16 bits per heavy atom. The molecule has 0 bridgehead atoms. The number of thiazole rings is 1. The summed E-state index contributed by atoms with van der Waals surface area (Å²) in [5, 5.41) is 9.32. The first kappa shape index (κ1) is 13.6. The summed E-state index contributed by atoms with van der Waals surface area (Å²) in [5.74, 6) is -1.93. The second kappa shape index (κ2) is 5.44. The summed E-state index contributed by atoms with van der Waals surface area (Å²) < 4.78 is 26.5. The van der Waals surface area contributed by atoms with Crippen LogP contribution in [-0.2, 0) is 17.6 Å². The molecule has 3 nitrogen and oxygen atoms in total. The lowest BCUT2D eigenvalue weighted by Gasteiger charge is -2.00. The molecule has 100 valence electrons. The van der Waals surface area contributed by atoms with Gasteiger partial charge in [-0.25, -0.2) is 13.8 Å². The minimum Gasteiger partial charge on any atom is -0.481 e. The third kappa shape index (κ3) is 3.35. The number of hydrogen-bond acceptors (Lipinski definition) is 3. The van der Waals surface area contributed by atoms with Crippen molar-refractivity contribution in [3.8, 4) is 0 Å². The van der Waals surface area contributed by atoms with Crippen LogP contribution in [0.5, 0.6) is 0 Å². The molecule has 0 fully saturated rings. The minimum atomic E-state index is -0.935. The third-order valence-corrected chi connectivity index (χ3v) is 3.76. The number of aryl methyl sites for hydroxylation is 1. The molecule has 0 saturated carbocycles. The molecule has 0 radical (unpaired) electrons. The number of rotatable bonds is 4. The molecular weight excluding hydrogens is 272 g/mol. The largest absolute Gasteiger partial charge is 0.481 e. The van der Waals surface area contributed by atoms with E-state index in [0.717, 1.165) is 18.2 Å². The zero-order chi connectivity index (χ0) is 14.0. The van der Waals surface area contributed by atoms with Crippen molar-refractivity contribution < 1.29 is 18.7 Å². The summed E-state index contributed by atoms with van der Waals surface area (Å²) in [6.07, 6.45) is 0.0594. The van der Waals surface area contributed by atoms with Crippen molar-refractivity contribution in [2.45, 2.75) is 19.8 Å². The SMILES string of the molecule is Cc1nc(Cc2cc(F)ccc2F)sc1CC(=O)O. The highest BCUT2D eigenvalue weighted by molar-refractivity contribution is 7.11. The van der Waals surface area contributed by atoms with Crippen molar-refractivity contribution in [1.29, 1.82) is 0 Å². The summed E-state index contributed by atoms with van der Waals surface area (Å²) in [7, 11) is 0. The monoisotopic (exact) mass is 283 g/mol. The van der Waals surface area contributed by atoms with Crippen LogP contribution in [0.15, 0.2) is 18.2 Å². The van der Waals surface area contributed by atoms with Crippen LogP contribution in [0.4, 0.5) is 8.78 Å². The number of benzene rings is 1. The van der Waals surface area contributed by atoms with Crippen LogP contribution in [0.1, 0.15) is 21.1 Å². The average Bonchev–Trinajstić information content (AvgIpc) is 2.64. The van der Waals surface area contributed by atoms with Gasteiger partial charge in [0, 0.05) is 11.3 Å². The molecule has 2 rings (SSSR count). The van der Waals surface area contributed by atoms with Gasteiger partial charge in [-0.1, -0.05) is 0 Å². The first-order chi connectivity index (χ1) is 8.95. The number of hydrogen-bond donors (Lipinski definition) is 1. The maximum Gasteiger partial charge on any atom is 0.308 e. The highest BCUT2D eigenvalue weighted by Crippen LogP contribution is 2.22. The van der Waals surface area contributed by atoms with Crippen LogP contribution < -0.4 is 0 Å². The first-order valence-corrected chi connectivity index (χ1v) is 6.38. The van der Waals surface area contributed by atoms with Crippen molar-refractivity contribution >= 4 is 17.3 Å². The Kier molecular flexibility index (Phi) is 3.90. The van der Waals surface area contributed by atoms with E-state index in [1.165, 1.54) is 11.3 Å². The van der Waals surface area contributed by atoms with E-state index >= 15 is 0 Å². The van der Waals surface area contributed by atoms with Gasteiger partial charge in [0.25, 0.3) is 0 Å². The lowest BCUT2D eigenvalue weighted by molar-refractivity contribution is -0.136. The molecule has 0 atom stereocenters. The number of carbonyl (C=O) groups is 1. The van der Waals surface area contributed by atoms with Crippen molar-refractivity contribution in [3.05, 3.63) is 51.0 Å². The molecule has 0 aliphatic heterocycles. The van der Waals surface area contributed by atoms with Gasteiger partial charge in [0.2, 0.25) is 0 Å². The normalized spacial score (nSPS) is 10.7. The quantitative estimate of drug-likeness (QED) is 0.938. The van der Waals surface area contributed by atoms with Crippen LogP contribution in [0.3, 0.4) is 0 Å². The zero-order valence-electron chi connectivity index (χ0n) is 10.1. The highest BCUT2D eigenvalue weighted by atomic mass is 32.1. The smallest absolute Gasteiger partial charge is 0.308 e. The maximum absolute atomic E-state index is 13.5.